The van der Waals surface area contributed by atoms with Gasteiger partial charge in [0.1, 0.15) is 48.0 Å². The van der Waals surface area contributed by atoms with E-state index in [2.05, 4.69) is 67.8 Å². The Kier molecular flexibility index (Phi) is 27.9. The van der Waals surface area contributed by atoms with Crippen LogP contribution in [0, 0.1) is 0 Å². The first-order valence-electron chi connectivity index (χ1n) is 21.5. The summed E-state index contributed by atoms with van der Waals surface area (Å²) < 4.78 is 0. The standard InChI is InChI=1S/C40H58N12O19S2/c41-19(10-28(43)56)33(63)45-12-29(57)44-13-30(58)46-25(15-72)38(68)48-21(6-8-31(59)60)34(64)47-20(5-7-27(42)55)35(65)49-22(9-17-1-3-18(54)4-2-17)36(66)52-26(16-73)39(69)51-24(14-53)37(67)50-23(40(70)71)11-32(61)62/h1-4,19-26,53-54,72-73H,5-16,41H2,(H2,42,55)(H2,43,56)(H,44,57)(H,45,63)(H,46,58)(H,47,64)(H,48,68)(H,49,65)(H,50,67)(H,51,69)(H,52,66)(H,59,60)(H,61,62)(H,70,71)/t19-,20-,21-,22-,23-,24-,25-,26-/m0/s1. The van der Waals surface area contributed by atoms with Crippen molar-refractivity contribution in [2.24, 2.45) is 17.2 Å². The maximum Gasteiger partial charge on any atom is 0.326 e. The summed E-state index contributed by atoms with van der Waals surface area (Å²) in [5, 5.41) is 66.8. The molecule has 0 heterocycles. The van der Waals surface area contributed by atoms with Crippen molar-refractivity contribution in [1.29, 1.82) is 0 Å². The molecule has 1 aromatic rings. The average Bonchev–Trinajstić information content (AvgIpc) is 3.31. The minimum atomic E-state index is -1.97. The third-order valence-electron chi connectivity index (χ3n) is 9.69. The molecule has 0 fully saturated rings. The molecule has 0 aromatic heterocycles. The predicted molar refractivity (Wildman–Crippen MR) is 253 cm³/mol. The Balaban J connectivity index is 3.34. The molecule has 404 valence electrons. The molecule has 0 aliphatic heterocycles. The summed E-state index contributed by atoms with van der Waals surface area (Å²) in [6.07, 6.45) is -4.51. The second kappa shape index (κ2) is 32.2. The molecular formula is C40H58N12O19S2. The number of primary amides is 2. The molecular weight excluding hydrogens is 1020 g/mol. The number of nitrogens with two attached hydrogens (primary N) is 3. The summed E-state index contributed by atoms with van der Waals surface area (Å²) in [5.41, 5.74) is 16.1. The lowest BCUT2D eigenvalue weighted by molar-refractivity contribution is -0.147. The average molecular weight is 1080 g/mol. The highest BCUT2D eigenvalue weighted by atomic mass is 32.1. The second-order valence-electron chi connectivity index (χ2n) is 15.6. The van der Waals surface area contributed by atoms with Gasteiger partial charge >= 0.3 is 17.9 Å². The van der Waals surface area contributed by atoms with Gasteiger partial charge in [0.05, 0.1) is 38.6 Å². The lowest BCUT2D eigenvalue weighted by Crippen LogP contribution is -2.61. The monoisotopic (exact) mass is 1070 g/mol. The van der Waals surface area contributed by atoms with E-state index in [1.807, 2.05) is 5.32 Å². The molecule has 0 spiro atoms. The van der Waals surface area contributed by atoms with E-state index in [1.165, 1.54) is 24.3 Å². The molecule has 0 aliphatic carbocycles. The van der Waals surface area contributed by atoms with E-state index in [0.29, 0.717) is 0 Å². The quantitative estimate of drug-likeness (QED) is 0.0285. The number of thiol groups is 2. The number of hydrogen-bond acceptors (Lipinski definition) is 19. The van der Waals surface area contributed by atoms with Crippen molar-refractivity contribution >= 4 is 108 Å². The van der Waals surface area contributed by atoms with E-state index in [4.69, 9.17) is 22.3 Å². The maximum absolute atomic E-state index is 14.0. The number of phenolic OH excluding ortho intramolecular Hbond substituents is 1. The highest BCUT2D eigenvalue weighted by Crippen LogP contribution is 2.13. The van der Waals surface area contributed by atoms with Gasteiger partial charge in [-0.25, -0.2) is 4.79 Å². The lowest BCUT2D eigenvalue weighted by Gasteiger charge is -2.27. The summed E-state index contributed by atoms with van der Waals surface area (Å²) in [7, 11) is 0. The largest absolute Gasteiger partial charge is 0.508 e. The van der Waals surface area contributed by atoms with Crippen molar-refractivity contribution in [3.63, 3.8) is 0 Å². The van der Waals surface area contributed by atoms with Gasteiger partial charge in [-0.3, -0.25) is 62.3 Å². The molecule has 0 unspecified atom stereocenters. The van der Waals surface area contributed by atoms with Crippen LogP contribution in [0.2, 0.25) is 0 Å². The number of hydrogen-bond donors (Lipinski definition) is 19. The molecule has 20 N–H and O–H groups in total. The summed E-state index contributed by atoms with van der Waals surface area (Å²) in [4.78, 5) is 175. The number of aliphatic carboxylic acids is 3. The van der Waals surface area contributed by atoms with Gasteiger partial charge in [-0.2, -0.15) is 25.3 Å². The third kappa shape index (κ3) is 24.8. The molecule has 0 saturated heterocycles. The van der Waals surface area contributed by atoms with Gasteiger partial charge in [0.15, 0.2) is 0 Å². The Morgan fingerprint density at radius 3 is 1.41 bits per heavy atom. The fourth-order valence-corrected chi connectivity index (χ4v) is 6.37. The number of aliphatic hydroxyl groups is 1. The normalized spacial score (nSPS) is 14.0. The zero-order valence-electron chi connectivity index (χ0n) is 38.5. The Labute approximate surface area is 424 Å². The zero-order valence-corrected chi connectivity index (χ0v) is 40.3. The Morgan fingerprint density at radius 2 is 0.932 bits per heavy atom. The molecule has 0 radical (unpaired) electrons. The number of carboxylic acid groups (broad SMARTS) is 3. The van der Waals surface area contributed by atoms with Crippen LogP contribution >= 0.6 is 25.3 Å². The van der Waals surface area contributed by atoms with E-state index in [-0.39, 0.29) is 11.3 Å². The SMILES string of the molecule is NC(=O)CC[C@H](NC(=O)[C@H](CCC(=O)O)NC(=O)[C@H](CS)NC(=O)CNC(=O)CNC(=O)[C@@H](N)CC(N)=O)C(=O)N[C@@H](Cc1ccc(O)cc1)C(=O)N[C@@H](CS)C(=O)N[C@@H](CO)C(=O)N[C@@H](CC(=O)O)C(=O)O. The molecule has 1 aromatic carbocycles. The van der Waals surface area contributed by atoms with Gasteiger partial charge in [-0.15, -0.1) is 0 Å². The summed E-state index contributed by atoms with van der Waals surface area (Å²) in [5.74, 6) is -17.7. The van der Waals surface area contributed by atoms with E-state index in [0.717, 1.165) is 0 Å². The lowest BCUT2D eigenvalue weighted by atomic mass is 10.0. The maximum atomic E-state index is 14.0. The van der Waals surface area contributed by atoms with E-state index in [9.17, 15) is 87.5 Å². The minimum Gasteiger partial charge on any atom is -0.508 e. The van der Waals surface area contributed by atoms with E-state index < -0.39 is 207 Å². The molecule has 1 rings (SSSR count). The van der Waals surface area contributed by atoms with Crippen LogP contribution in [0.3, 0.4) is 0 Å². The smallest absolute Gasteiger partial charge is 0.326 e. The van der Waals surface area contributed by atoms with Crippen LogP contribution in [0.4, 0.5) is 0 Å². The van der Waals surface area contributed by atoms with Gasteiger partial charge in [-0.05, 0) is 30.5 Å². The molecule has 0 aliphatic rings. The zero-order chi connectivity index (χ0) is 55.5. The van der Waals surface area contributed by atoms with Crippen LogP contribution in [0.25, 0.3) is 0 Å². The van der Waals surface area contributed by atoms with Gasteiger partial charge in [0.2, 0.25) is 65.0 Å². The van der Waals surface area contributed by atoms with Gasteiger partial charge in [0.25, 0.3) is 0 Å². The van der Waals surface area contributed by atoms with Crippen LogP contribution < -0.4 is 65.1 Å². The number of carboxylic acids is 3. The number of aliphatic hydroxyl groups excluding tert-OH is 1. The van der Waals surface area contributed by atoms with Crippen LogP contribution in [-0.2, 0) is 73.5 Å². The minimum absolute atomic E-state index is 0.197. The predicted octanol–water partition coefficient (Wildman–Crippen LogP) is -8.70. The molecule has 0 bridgehead atoms. The number of rotatable bonds is 34. The fourth-order valence-electron chi connectivity index (χ4n) is 5.85. The van der Waals surface area contributed by atoms with Crippen LogP contribution in [0.1, 0.15) is 44.1 Å². The Morgan fingerprint density at radius 1 is 0.493 bits per heavy atom. The Hall–Kier alpha value is -7.78. The number of amides is 11. The van der Waals surface area contributed by atoms with Crippen LogP contribution in [0.15, 0.2) is 24.3 Å². The van der Waals surface area contributed by atoms with E-state index in [1.54, 1.807) is 0 Å². The molecule has 33 heteroatoms. The third-order valence-corrected chi connectivity index (χ3v) is 10.4. The molecule has 0 saturated carbocycles. The highest BCUT2D eigenvalue weighted by Gasteiger charge is 2.34. The summed E-state index contributed by atoms with van der Waals surface area (Å²) in [6.45, 7) is -2.57. The molecule has 73 heavy (non-hydrogen) atoms. The first-order chi connectivity index (χ1) is 34.2. The second-order valence-corrected chi connectivity index (χ2v) is 16.3. The van der Waals surface area contributed by atoms with Crippen LogP contribution in [-0.4, -0.2) is 188 Å². The van der Waals surface area contributed by atoms with Crippen molar-refractivity contribution in [1.82, 2.24) is 47.9 Å². The van der Waals surface area contributed by atoms with Crippen molar-refractivity contribution in [3.8, 4) is 5.75 Å². The number of nitrogens with one attached hydrogen (secondary N) is 9. The molecule has 11 amide bonds. The first-order valence-corrected chi connectivity index (χ1v) is 22.7. The van der Waals surface area contributed by atoms with Gasteiger partial charge in [-0.1, -0.05) is 12.1 Å². The number of phenols is 1. The molecule has 8 atom stereocenters. The fraction of sp³-hybridized carbons (Fsp3) is 0.500. The molecule has 31 nitrogen and oxygen atoms in total. The van der Waals surface area contributed by atoms with Crippen molar-refractivity contribution in [3.05, 3.63) is 29.8 Å². The number of benzene rings is 1. The van der Waals surface area contributed by atoms with E-state index >= 15 is 0 Å². The number of carbonyl (C=O) groups excluding carboxylic acids is 11. The van der Waals surface area contributed by atoms with Gasteiger partial charge < -0.3 is 90.6 Å². The number of carbonyl (C=O) groups is 14. The summed E-state index contributed by atoms with van der Waals surface area (Å²) in [6, 6.07) is -8.52. The first kappa shape index (κ1) is 63.2. The topological polar surface area (TPSA) is 526 Å². The van der Waals surface area contributed by atoms with Crippen LogP contribution in [0.5, 0.6) is 5.75 Å². The van der Waals surface area contributed by atoms with Gasteiger partial charge in [0, 0.05) is 30.8 Å². The highest BCUT2D eigenvalue weighted by molar-refractivity contribution is 7.80. The van der Waals surface area contributed by atoms with Crippen molar-refractivity contribution < 1.29 is 92.7 Å². The Bertz CT molecular complexity index is 2210. The van der Waals surface area contributed by atoms with Crippen molar-refractivity contribution in [2.75, 3.05) is 31.2 Å². The summed E-state index contributed by atoms with van der Waals surface area (Å²) >= 11 is 8.07. The van der Waals surface area contributed by atoms with Crippen molar-refractivity contribution in [2.45, 2.75) is 93.3 Å². The number of aromatic hydroxyl groups is 1.